The number of anilines is 1. The van der Waals surface area contributed by atoms with Crippen LogP contribution in [0.15, 0.2) is 47.0 Å². The summed E-state index contributed by atoms with van der Waals surface area (Å²) in [5, 5.41) is 15.4. The molecule has 8 heteroatoms. The Balaban J connectivity index is 1.50. The zero-order valence-corrected chi connectivity index (χ0v) is 15.1. The normalized spacial score (nSPS) is 10.3. The van der Waals surface area contributed by atoms with E-state index in [0.717, 1.165) is 17.4 Å². The van der Waals surface area contributed by atoms with Crippen LogP contribution in [-0.4, -0.2) is 23.2 Å². The van der Waals surface area contributed by atoms with Crippen molar-refractivity contribution in [2.75, 3.05) is 12.4 Å². The van der Waals surface area contributed by atoms with Gasteiger partial charge in [-0.25, -0.2) is 4.39 Å². The lowest BCUT2D eigenvalue weighted by Crippen LogP contribution is -2.11. The fourth-order valence-corrected chi connectivity index (χ4v) is 2.53. The Labute approximate surface area is 160 Å². The predicted molar refractivity (Wildman–Crippen MR) is 99.0 cm³/mol. The van der Waals surface area contributed by atoms with E-state index in [1.165, 1.54) is 12.1 Å². The van der Waals surface area contributed by atoms with E-state index < -0.39 is 5.82 Å². The lowest BCUT2D eigenvalue weighted by atomic mass is 10.2. The molecule has 0 saturated carbocycles. The molecule has 1 heterocycles. The summed E-state index contributed by atoms with van der Waals surface area (Å²) in [5.41, 5.74) is 1.07. The van der Waals surface area contributed by atoms with Gasteiger partial charge in [0.25, 0.3) is 0 Å². The summed E-state index contributed by atoms with van der Waals surface area (Å²) in [6.07, 6.45) is 1.17. The van der Waals surface area contributed by atoms with Gasteiger partial charge in [-0.15, -0.1) is 0 Å². The first-order valence-corrected chi connectivity index (χ1v) is 8.55. The monoisotopic (exact) mass is 380 g/mol. The minimum atomic E-state index is -0.621. The Morgan fingerprint density at radius 2 is 2.07 bits per heavy atom. The van der Waals surface area contributed by atoms with Gasteiger partial charge >= 0.3 is 0 Å². The van der Waals surface area contributed by atoms with Gasteiger partial charge in [0.1, 0.15) is 17.6 Å². The number of rotatable bonds is 7. The SMILES string of the molecule is COc1ccc(-c2noc(CCCC(=O)Nc3ccc(F)c(C#N)c3)n2)cc1. The molecule has 0 aliphatic carbocycles. The van der Waals surface area contributed by atoms with E-state index >= 15 is 0 Å². The lowest BCUT2D eigenvalue weighted by molar-refractivity contribution is -0.116. The Bertz CT molecular complexity index is 1010. The van der Waals surface area contributed by atoms with Crippen LogP contribution in [0.25, 0.3) is 11.4 Å². The molecule has 0 bridgehead atoms. The Morgan fingerprint density at radius 3 is 2.79 bits per heavy atom. The van der Waals surface area contributed by atoms with Crippen LogP contribution in [0.3, 0.4) is 0 Å². The highest BCUT2D eigenvalue weighted by atomic mass is 19.1. The quantitative estimate of drug-likeness (QED) is 0.670. The fraction of sp³-hybridized carbons (Fsp3) is 0.200. The molecule has 1 amide bonds. The molecule has 0 spiro atoms. The van der Waals surface area contributed by atoms with E-state index in [-0.39, 0.29) is 17.9 Å². The largest absolute Gasteiger partial charge is 0.497 e. The van der Waals surface area contributed by atoms with Crippen LogP contribution in [0, 0.1) is 17.1 Å². The van der Waals surface area contributed by atoms with Gasteiger partial charge in [0.05, 0.1) is 12.7 Å². The number of halogens is 1. The molecule has 0 fully saturated rings. The van der Waals surface area contributed by atoms with Crippen molar-refractivity contribution in [2.24, 2.45) is 0 Å². The van der Waals surface area contributed by atoms with Gasteiger partial charge in [0.15, 0.2) is 0 Å². The number of aromatic nitrogens is 2. The molecule has 0 saturated heterocycles. The number of nitrogens with one attached hydrogen (secondary N) is 1. The van der Waals surface area contributed by atoms with Gasteiger partial charge in [-0.05, 0) is 48.9 Å². The molecule has 142 valence electrons. The molecule has 0 unspecified atom stereocenters. The molecular formula is C20H17FN4O3. The summed E-state index contributed by atoms with van der Waals surface area (Å²) >= 11 is 0. The van der Waals surface area contributed by atoms with Crippen molar-refractivity contribution in [1.82, 2.24) is 10.1 Å². The summed E-state index contributed by atoms with van der Waals surface area (Å²) in [7, 11) is 1.59. The third-order valence-electron chi connectivity index (χ3n) is 3.98. The number of benzene rings is 2. The van der Waals surface area contributed by atoms with Crippen LogP contribution < -0.4 is 10.1 Å². The minimum absolute atomic E-state index is 0.116. The first kappa shape index (κ1) is 19.0. The van der Waals surface area contributed by atoms with Crippen molar-refractivity contribution >= 4 is 11.6 Å². The standard InChI is InChI=1S/C20H17FN4O3/c1-27-16-8-5-13(6-9-16)20-24-19(28-25-20)4-2-3-18(26)23-15-7-10-17(21)14(11-15)12-22/h5-11H,2-4H2,1H3,(H,23,26). The zero-order valence-electron chi connectivity index (χ0n) is 15.1. The number of nitriles is 1. The van der Waals surface area contributed by atoms with Gasteiger partial charge in [-0.1, -0.05) is 5.16 Å². The second-order valence-electron chi connectivity index (χ2n) is 5.95. The molecular weight excluding hydrogens is 363 g/mol. The highest BCUT2D eigenvalue weighted by Crippen LogP contribution is 2.20. The van der Waals surface area contributed by atoms with Crippen LogP contribution >= 0.6 is 0 Å². The molecule has 2 aromatic carbocycles. The number of hydrogen-bond donors (Lipinski definition) is 1. The van der Waals surface area contributed by atoms with Gasteiger partial charge in [-0.3, -0.25) is 4.79 Å². The van der Waals surface area contributed by atoms with Crippen LogP contribution in [0.4, 0.5) is 10.1 Å². The van der Waals surface area contributed by atoms with Crippen molar-refractivity contribution in [1.29, 1.82) is 5.26 Å². The second-order valence-corrected chi connectivity index (χ2v) is 5.95. The topological polar surface area (TPSA) is 101 Å². The zero-order chi connectivity index (χ0) is 19.9. The number of nitrogens with zero attached hydrogens (tertiary/aromatic N) is 3. The van der Waals surface area contributed by atoms with E-state index in [9.17, 15) is 9.18 Å². The Morgan fingerprint density at radius 1 is 1.29 bits per heavy atom. The summed E-state index contributed by atoms with van der Waals surface area (Å²) in [6, 6.07) is 12.9. The van der Waals surface area contributed by atoms with Crippen LogP contribution in [0.1, 0.15) is 24.3 Å². The van der Waals surface area contributed by atoms with E-state index in [2.05, 4.69) is 15.5 Å². The average molecular weight is 380 g/mol. The van der Waals surface area contributed by atoms with Crippen molar-refractivity contribution in [3.63, 3.8) is 0 Å². The average Bonchev–Trinajstić information content (AvgIpc) is 3.18. The summed E-state index contributed by atoms with van der Waals surface area (Å²) < 4.78 is 23.6. The number of ether oxygens (including phenoxy) is 1. The fourth-order valence-electron chi connectivity index (χ4n) is 2.53. The van der Waals surface area contributed by atoms with Crippen molar-refractivity contribution in [2.45, 2.75) is 19.3 Å². The van der Waals surface area contributed by atoms with Crippen molar-refractivity contribution in [3.8, 4) is 23.2 Å². The number of carbonyl (C=O) groups excluding carboxylic acids is 1. The van der Waals surface area contributed by atoms with Gasteiger partial charge in [-0.2, -0.15) is 10.2 Å². The first-order chi connectivity index (χ1) is 13.6. The number of hydrogen-bond acceptors (Lipinski definition) is 6. The minimum Gasteiger partial charge on any atom is -0.497 e. The molecule has 0 aliphatic heterocycles. The maximum atomic E-state index is 13.3. The lowest BCUT2D eigenvalue weighted by Gasteiger charge is -2.05. The molecule has 0 atom stereocenters. The smallest absolute Gasteiger partial charge is 0.226 e. The molecule has 28 heavy (non-hydrogen) atoms. The maximum Gasteiger partial charge on any atom is 0.226 e. The second kappa shape index (κ2) is 8.77. The first-order valence-electron chi connectivity index (χ1n) is 8.55. The third-order valence-corrected chi connectivity index (χ3v) is 3.98. The predicted octanol–water partition coefficient (Wildman–Crippen LogP) is 3.72. The van der Waals surface area contributed by atoms with E-state index in [1.807, 2.05) is 24.3 Å². The summed E-state index contributed by atoms with van der Waals surface area (Å²) in [5.74, 6) is 0.779. The van der Waals surface area contributed by atoms with Gasteiger partial charge < -0.3 is 14.6 Å². The third kappa shape index (κ3) is 4.71. The molecule has 7 nitrogen and oxygen atoms in total. The number of amides is 1. The Kier molecular flexibility index (Phi) is 5.97. The van der Waals surface area contributed by atoms with E-state index in [1.54, 1.807) is 13.2 Å². The Hall–Kier alpha value is -3.73. The van der Waals surface area contributed by atoms with Crippen molar-refractivity contribution < 1.29 is 18.4 Å². The van der Waals surface area contributed by atoms with Gasteiger partial charge in [0, 0.05) is 24.1 Å². The highest BCUT2D eigenvalue weighted by molar-refractivity contribution is 5.90. The maximum absolute atomic E-state index is 13.3. The number of methoxy groups -OCH3 is 1. The van der Waals surface area contributed by atoms with Crippen LogP contribution in [0.5, 0.6) is 5.75 Å². The molecule has 0 aliphatic rings. The number of aryl methyl sites for hydroxylation is 1. The molecule has 1 N–H and O–H groups in total. The molecule has 1 aromatic heterocycles. The molecule has 3 aromatic rings. The van der Waals surface area contributed by atoms with Gasteiger partial charge in [0.2, 0.25) is 17.6 Å². The summed E-state index contributed by atoms with van der Waals surface area (Å²) in [6.45, 7) is 0. The van der Waals surface area contributed by atoms with Crippen LogP contribution in [0.2, 0.25) is 0 Å². The van der Waals surface area contributed by atoms with Crippen molar-refractivity contribution in [3.05, 3.63) is 59.7 Å². The number of carbonyl (C=O) groups is 1. The highest BCUT2D eigenvalue weighted by Gasteiger charge is 2.11. The van der Waals surface area contributed by atoms with Crippen LogP contribution in [-0.2, 0) is 11.2 Å². The summed E-state index contributed by atoms with van der Waals surface area (Å²) in [4.78, 5) is 16.3. The molecule has 0 radical (unpaired) electrons. The van der Waals surface area contributed by atoms with E-state index in [0.29, 0.717) is 30.2 Å². The van der Waals surface area contributed by atoms with E-state index in [4.69, 9.17) is 14.5 Å². The molecule has 3 rings (SSSR count).